The number of aromatic nitrogens is 7. The number of anilines is 1. The second-order valence-corrected chi connectivity index (χ2v) is 8.61. The Morgan fingerprint density at radius 2 is 2.14 bits per heavy atom. The van der Waals surface area contributed by atoms with Crippen molar-refractivity contribution >= 4 is 28.8 Å². The standard InChI is InChI=1S/C18H15ClN8S/c1-10-23-24-16-11-3-2-7-25(11)15-12(27(10)16)9-21-18(22-15)26-8-6-20-17(26)13-4-5-14(19)28-13/h4-6,8-9,11H,2-3,7H2,1H3. The van der Waals surface area contributed by atoms with E-state index in [9.17, 15) is 0 Å². The third-order valence-electron chi connectivity index (χ3n) is 5.30. The van der Waals surface area contributed by atoms with Gasteiger partial charge >= 0.3 is 0 Å². The van der Waals surface area contributed by atoms with Gasteiger partial charge in [0.2, 0.25) is 5.95 Å². The van der Waals surface area contributed by atoms with Gasteiger partial charge in [0.15, 0.2) is 17.5 Å². The maximum Gasteiger partial charge on any atom is 0.237 e. The molecular weight excluding hydrogens is 396 g/mol. The van der Waals surface area contributed by atoms with Crippen LogP contribution < -0.4 is 4.90 Å². The summed E-state index contributed by atoms with van der Waals surface area (Å²) in [5.41, 5.74) is 0.931. The predicted molar refractivity (Wildman–Crippen MR) is 106 cm³/mol. The summed E-state index contributed by atoms with van der Waals surface area (Å²) >= 11 is 7.60. The first-order valence-electron chi connectivity index (χ1n) is 9.06. The molecule has 1 atom stereocenters. The molecule has 1 unspecified atom stereocenters. The molecule has 4 aromatic heterocycles. The summed E-state index contributed by atoms with van der Waals surface area (Å²) in [5.74, 6) is 4.14. The van der Waals surface area contributed by atoms with Crippen LogP contribution in [0.2, 0.25) is 4.34 Å². The van der Waals surface area contributed by atoms with Crippen LogP contribution in [0.5, 0.6) is 0 Å². The average molecular weight is 411 g/mol. The van der Waals surface area contributed by atoms with Crippen molar-refractivity contribution < 1.29 is 0 Å². The van der Waals surface area contributed by atoms with Crippen LogP contribution in [-0.4, -0.2) is 40.8 Å². The van der Waals surface area contributed by atoms with Gasteiger partial charge in [0.1, 0.15) is 11.5 Å². The molecule has 6 rings (SSSR count). The summed E-state index contributed by atoms with van der Waals surface area (Å²) in [4.78, 5) is 17.4. The van der Waals surface area contributed by atoms with Gasteiger partial charge in [0, 0.05) is 18.9 Å². The van der Waals surface area contributed by atoms with E-state index in [-0.39, 0.29) is 6.04 Å². The zero-order valence-electron chi connectivity index (χ0n) is 14.9. The fraction of sp³-hybridized carbons (Fsp3) is 0.278. The summed E-state index contributed by atoms with van der Waals surface area (Å²) < 4.78 is 4.72. The zero-order chi connectivity index (χ0) is 18.8. The smallest absolute Gasteiger partial charge is 0.237 e. The largest absolute Gasteiger partial charge is 0.344 e. The van der Waals surface area contributed by atoms with E-state index >= 15 is 0 Å². The molecule has 0 aliphatic carbocycles. The topological polar surface area (TPSA) is 77.5 Å². The Morgan fingerprint density at radius 3 is 3.00 bits per heavy atom. The number of rotatable bonds is 2. The van der Waals surface area contributed by atoms with Crippen LogP contribution in [0.25, 0.3) is 22.3 Å². The maximum absolute atomic E-state index is 6.11. The van der Waals surface area contributed by atoms with Gasteiger partial charge in [0.05, 0.1) is 21.5 Å². The highest BCUT2D eigenvalue weighted by atomic mass is 35.5. The molecule has 28 heavy (non-hydrogen) atoms. The van der Waals surface area contributed by atoms with Crippen LogP contribution in [0.4, 0.5) is 5.82 Å². The number of hydrogen-bond acceptors (Lipinski definition) is 7. The predicted octanol–water partition coefficient (Wildman–Crippen LogP) is 3.59. The highest BCUT2D eigenvalue weighted by molar-refractivity contribution is 7.19. The number of imidazole rings is 1. The highest BCUT2D eigenvalue weighted by Gasteiger charge is 2.38. The average Bonchev–Trinajstić information content (AvgIpc) is 3.47. The molecule has 0 spiro atoms. The van der Waals surface area contributed by atoms with E-state index in [1.165, 1.54) is 11.3 Å². The Hall–Kier alpha value is -2.78. The molecule has 0 saturated carbocycles. The first-order chi connectivity index (χ1) is 13.7. The lowest BCUT2D eigenvalue weighted by atomic mass is 10.1. The lowest BCUT2D eigenvalue weighted by Gasteiger charge is -2.32. The minimum absolute atomic E-state index is 0.217. The Bertz CT molecular complexity index is 1210. The van der Waals surface area contributed by atoms with Crippen molar-refractivity contribution in [3.05, 3.63) is 46.7 Å². The molecule has 10 heteroatoms. The Morgan fingerprint density at radius 1 is 1.21 bits per heavy atom. The van der Waals surface area contributed by atoms with Crippen molar-refractivity contribution in [3.8, 4) is 22.3 Å². The highest BCUT2D eigenvalue weighted by Crippen LogP contribution is 2.43. The van der Waals surface area contributed by atoms with Gasteiger partial charge in [-0.05, 0) is 31.9 Å². The van der Waals surface area contributed by atoms with Crippen molar-refractivity contribution in [2.24, 2.45) is 0 Å². The SMILES string of the molecule is Cc1nnc2n1-c1cnc(-n3ccnc3-c3ccc(Cl)s3)nc1N1CCCC21. The van der Waals surface area contributed by atoms with Crippen molar-refractivity contribution in [1.82, 2.24) is 34.3 Å². The van der Waals surface area contributed by atoms with E-state index < -0.39 is 0 Å². The Balaban J connectivity index is 1.52. The van der Waals surface area contributed by atoms with E-state index in [0.717, 1.165) is 57.6 Å². The normalized spacial score (nSPS) is 17.5. The molecule has 8 nitrogen and oxygen atoms in total. The summed E-state index contributed by atoms with van der Waals surface area (Å²) in [6, 6.07) is 4.06. The number of hydrogen-bond donors (Lipinski definition) is 0. The first-order valence-corrected chi connectivity index (χ1v) is 10.3. The van der Waals surface area contributed by atoms with E-state index in [1.54, 1.807) is 6.20 Å². The first kappa shape index (κ1) is 16.2. The summed E-state index contributed by atoms with van der Waals surface area (Å²) in [6.45, 7) is 2.92. The van der Waals surface area contributed by atoms with E-state index in [1.807, 2.05) is 36.0 Å². The zero-order valence-corrected chi connectivity index (χ0v) is 16.5. The van der Waals surface area contributed by atoms with Crippen LogP contribution in [0.15, 0.2) is 30.7 Å². The van der Waals surface area contributed by atoms with Gasteiger partial charge in [-0.25, -0.2) is 9.97 Å². The van der Waals surface area contributed by atoms with Gasteiger partial charge in [0.25, 0.3) is 0 Å². The molecule has 0 N–H and O–H groups in total. The molecule has 2 aliphatic heterocycles. The number of nitrogens with zero attached hydrogens (tertiary/aromatic N) is 8. The molecule has 1 saturated heterocycles. The summed E-state index contributed by atoms with van der Waals surface area (Å²) in [5, 5.41) is 8.71. The second-order valence-electron chi connectivity index (χ2n) is 6.90. The van der Waals surface area contributed by atoms with E-state index in [0.29, 0.717) is 5.95 Å². The third-order valence-corrected chi connectivity index (χ3v) is 6.53. The lowest BCUT2D eigenvalue weighted by molar-refractivity contribution is 0.616. The molecule has 2 aliphatic rings. The Kier molecular flexibility index (Phi) is 3.39. The minimum Gasteiger partial charge on any atom is -0.344 e. The molecule has 0 radical (unpaired) electrons. The van der Waals surface area contributed by atoms with Crippen molar-refractivity contribution in [2.75, 3.05) is 11.4 Å². The molecule has 6 heterocycles. The van der Waals surface area contributed by atoms with Crippen LogP contribution in [0.1, 0.15) is 30.5 Å². The second kappa shape index (κ2) is 5.86. The molecule has 4 aromatic rings. The number of halogens is 1. The molecule has 0 bridgehead atoms. The van der Waals surface area contributed by atoms with Gasteiger partial charge in [-0.15, -0.1) is 21.5 Å². The monoisotopic (exact) mass is 410 g/mol. The van der Waals surface area contributed by atoms with Gasteiger partial charge in [-0.2, -0.15) is 4.98 Å². The van der Waals surface area contributed by atoms with E-state index in [2.05, 4.69) is 29.6 Å². The van der Waals surface area contributed by atoms with E-state index in [4.69, 9.17) is 16.6 Å². The molecule has 140 valence electrons. The summed E-state index contributed by atoms with van der Waals surface area (Å²) in [6.07, 6.45) is 7.66. The number of thiophene rings is 1. The fourth-order valence-electron chi connectivity index (χ4n) is 4.11. The molecule has 0 aromatic carbocycles. The van der Waals surface area contributed by atoms with Crippen LogP contribution >= 0.6 is 22.9 Å². The van der Waals surface area contributed by atoms with Crippen molar-refractivity contribution in [3.63, 3.8) is 0 Å². The van der Waals surface area contributed by atoms with Gasteiger partial charge < -0.3 is 4.90 Å². The number of fused-ring (bicyclic) bond motifs is 6. The van der Waals surface area contributed by atoms with Crippen LogP contribution in [-0.2, 0) is 0 Å². The van der Waals surface area contributed by atoms with Crippen molar-refractivity contribution in [1.29, 1.82) is 0 Å². The minimum atomic E-state index is 0.217. The fourth-order valence-corrected chi connectivity index (χ4v) is 5.14. The quantitative estimate of drug-likeness (QED) is 0.502. The van der Waals surface area contributed by atoms with Crippen LogP contribution in [0, 0.1) is 6.92 Å². The molecule has 1 fully saturated rings. The molecular formula is C18H15ClN8S. The van der Waals surface area contributed by atoms with Crippen molar-refractivity contribution in [2.45, 2.75) is 25.8 Å². The van der Waals surface area contributed by atoms with Crippen LogP contribution in [0.3, 0.4) is 0 Å². The Labute approximate surface area is 169 Å². The maximum atomic E-state index is 6.11. The molecule has 0 amide bonds. The lowest BCUT2D eigenvalue weighted by Crippen LogP contribution is -2.32. The third kappa shape index (κ3) is 2.20. The van der Waals surface area contributed by atoms with Gasteiger partial charge in [-0.1, -0.05) is 11.6 Å². The number of aryl methyl sites for hydroxylation is 1. The van der Waals surface area contributed by atoms with Gasteiger partial charge in [-0.3, -0.25) is 9.13 Å². The summed E-state index contributed by atoms with van der Waals surface area (Å²) in [7, 11) is 0.